The Morgan fingerprint density at radius 2 is 2.00 bits per heavy atom. The highest BCUT2D eigenvalue weighted by atomic mass is 16.5. The Balaban J connectivity index is 1.61. The Kier molecular flexibility index (Phi) is 5.38. The highest BCUT2D eigenvalue weighted by Gasteiger charge is 2.40. The average Bonchev–Trinajstić information content (AvgIpc) is 3.41. The first-order chi connectivity index (χ1) is 13.8. The average molecular weight is 379 g/mol. The van der Waals surface area contributed by atoms with E-state index in [1.807, 2.05) is 35.4 Å². The van der Waals surface area contributed by atoms with Crippen LogP contribution in [-0.2, 0) is 9.53 Å². The minimum Gasteiger partial charge on any atom is -0.384 e. The zero-order valence-corrected chi connectivity index (χ0v) is 15.6. The first-order valence-corrected chi connectivity index (χ1v) is 9.17. The molecule has 0 saturated carbocycles. The van der Waals surface area contributed by atoms with Crippen molar-refractivity contribution in [1.82, 2.24) is 25.0 Å². The summed E-state index contributed by atoms with van der Waals surface area (Å²) < 4.78 is 10.6. The van der Waals surface area contributed by atoms with Crippen molar-refractivity contribution in [1.29, 1.82) is 0 Å². The summed E-state index contributed by atoms with van der Waals surface area (Å²) in [5, 5.41) is 4.13. The van der Waals surface area contributed by atoms with Gasteiger partial charge in [0.1, 0.15) is 0 Å². The standard InChI is InChI=1S/C20H21N5O3/c1-27-10-6-18(26)25-12-16(15-3-2-7-22-11-15)17(13-25)20-23-19(24-28-20)14-4-8-21-9-5-14/h2-5,7-9,11,16-17H,6,10,12-13H2,1H3/t16-,17+/m0/s1. The molecule has 8 nitrogen and oxygen atoms in total. The first kappa shape index (κ1) is 18.2. The second kappa shape index (κ2) is 8.26. The number of amides is 1. The van der Waals surface area contributed by atoms with E-state index in [4.69, 9.17) is 9.26 Å². The Morgan fingerprint density at radius 1 is 1.18 bits per heavy atom. The molecule has 0 radical (unpaired) electrons. The second-order valence-electron chi connectivity index (χ2n) is 6.73. The lowest BCUT2D eigenvalue weighted by Crippen LogP contribution is -2.29. The van der Waals surface area contributed by atoms with E-state index in [1.54, 1.807) is 25.7 Å². The van der Waals surface area contributed by atoms with Crippen LogP contribution in [0.1, 0.15) is 29.7 Å². The predicted molar refractivity (Wildman–Crippen MR) is 100 cm³/mol. The van der Waals surface area contributed by atoms with Gasteiger partial charge in [-0.3, -0.25) is 14.8 Å². The molecule has 0 N–H and O–H groups in total. The first-order valence-electron chi connectivity index (χ1n) is 9.17. The molecule has 1 aliphatic heterocycles. The van der Waals surface area contributed by atoms with E-state index in [0.29, 0.717) is 37.8 Å². The maximum Gasteiger partial charge on any atom is 0.232 e. The van der Waals surface area contributed by atoms with E-state index in [2.05, 4.69) is 20.1 Å². The van der Waals surface area contributed by atoms with Gasteiger partial charge in [0.15, 0.2) is 0 Å². The Hall–Kier alpha value is -3.13. The summed E-state index contributed by atoms with van der Waals surface area (Å²) in [6.45, 7) is 1.52. The van der Waals surface area contributed by atoms with Gasteiger partial charge in [-0.15, -0.1) is 0 Å². The number of methoxy groups -OCH3 is 1. The number of rotatable bonds is 6. The maximum atomic E-state index is 12.5. The summed E-state index contributed by atoms with van der Waals surface area (Å²) in [5.41, 5.74) is 1.90. The number of ether oxygens (including phenoxy) is 1. The van der Waals surface area contributed by atoms with E-state index in [9.17, 15) is 4.79 Å². The quantitative estimate of drug-likeness (QED) is 0.648. The molecule has 1 aliphatic rings. The number of hydrogen-bond donors (Lipinski definition) is 0. The van der Waals surface area contributed by atoms with Crippen LogP contribution in [0.5, 0.6) is 0 Å². The lowest BCUT2D eigenvalue weighted by molar-refractivity contribution is -0.131. The Bertz CT molecular complexity index is 916. The van der Waals surface area contributed by atoms with Crippen LogP contribution < -0.4 is 0 Å². The molecule has 8 heteroatoms. The van der Waals surface area contributed by atoms with Gasteiger partial charge in [0, 0.05) is 56.5 Å². The lowest BCUT2D eigenvalue weighted by atomic mass is 9.90. The minimum absolute atomic E-state index is 0.0472. The van der Waals surface area contributed by atoms with Gasteiger partial charge in [-0.25, -0.2) is 0 Å². The summed E-state index contributed by atoms with van der Waals surface area (Å²) in [6, 6.07) is 7.59. The number of pyridine rings is 2. The van der Waals surface area contributed by atoms with Crippen LogP contribution in [-0.4, -0.2) is 57.7 Å². The van der Waals surface area contributed by atoms with E-state index >= 15 is 0 Å². The number of likely N-dealkylation sites (tertiary alicyclic amines) is 1. The molecule has 3 aromatic rings. The number of aromatic nitrogens is 4. The molecule has 1 saturated heterocycles. The summed E-state index contributed by atoms with van der Waals surface area (Å²) in [6.07, 6.45) is 7.31. The summed E-state index contributed by atoms with van der Waals surface area (Å²) in [7, 11) is 1.59. The molecule has 0 unspecified atom stereocenters. The molecule has 3 aromatic heterocycles. The normalized spacial score (nSPS) is 19.1. The van der Waals surface area contributed by atoms with Crippen LogP contribution >= 0.6 is 0 Å². The van der Waals surface area contributed by atoms with Gasteiger partial charge >= 0.3 is 0 Å². The van der Waals surface area contributed by atoms with E-state index in [0.717, 1.165) is 11.1 Å². The SMILES string of the molecule is COCCC(=O)N1C[C@@H](c2cccnc2)[C@H](c2nc(-c3ccncc3)no2)C1. The van der Waals surface area contributed by atoms with Crippen molar-refractivity contribution in [3.05, 3.63) is 60.5 Å². The van der Waals surface area contributed by atoms with Crippen LogP contribution in [0.3, 0.4) is 0 Å². The van der Waals surface area contributed by atoms with E-state index in [1.165, 1.54) is 0 Å². The highest BCUT2D eigenvalue weighted by molar-refractivity contribution is 5.77. The van der Waals surface area contributed by atoms with Crippen molar-refractivity contribution in [2.75, 3.05) is 26.8 Å². The molecule has 4 rings (SSSR count). The molecule has 4 heterocycles. The molecule has 0 spiro atoms. The number of nitrogens with zero attached hydrogens (tertiary/aromatic N) is 5. The van der Waals surface area contributed by atoms with Gasteiger partial charge in [-0.2, -0.15) is 4.98 Å². The Morgan fingerprint density at radius 3 is 2.75 bits per heavy atom. The van der Waals surface area contributed by atoms with Crippen LogP contribution in [0.15, 0.2) is 53.6 Å². The largest absolute Gasteiger partial charge is 0.384 e. The number of carbonyl (C=O) groups excluding carboxylic acids is 1. The van der Waals surface area contributed by atoms with Gasteiger partial charge in [0.25, 0.3) is 0 Å². The van der Waals surface area contributed by atoms with Crippen LogP contribution in [0.4, 0.5) is 0 Å². The van der Waals surface area contributed by atoms with Crippen LogP contribution in [0, 0.1) is 0 Å². The lowest BCUT2D eigenvalue weighted by Gasteiger charge is -2.16. The number of hydrogen-bond acceptors (Lipinski definition) is 7. The predicted octanol–water partition coefficient (Wildman–Crippen LogP) is 2.27. The number of carbonyl (C=O) groups is 1. The minimum atomic E-state index is -0.0845. The van der Waals surface area contributed by atoms with Gasteiger partial charge in [-0.1, -0.05) is 11.2 Å². The molecular formula is C20H21N5O3. The molecule has 2 atom stereocenters. The van der Waals surface area contributed by atoms with Gasteiger partial charge < -0.3 is 14.2 Å². The van der Waals surface area contributed by atoms with Gasteiger partial charge in [0.2, 0.25) is 17.6 Å². The van der Waals surface area contributed by atoms with Gasteiger partial charge in [-0.05, 0) is 23.8 Å². The summed E-state index contributed by atoms with van der Waals surface area (Å²) in [5.74, 6) is 1.08. The summed E-state index contributed by atoms with van der Waals surface area (Å²) >= 11 is 0. The van der Waals surface area contributed by atoms with Crippen LogP contribution in [0.25, 0.3) is 11.4 Å². The fraction of sp³-hybridized carbons (Fsp3) is 0.350. The maximum absolute atomic E-state index is 12.5. The molecule has 1 fully saturated rings. The third-order valence-electron chi connectivity index (χ3n) is 5.00. The van der Waals surface area contributed by atoms with Crippen molar-refractivity contribution < 1.29 is 14.1 Å². The van der Waals surface area contributed by atoms with Crippen molar-refractivity contribution in [2.24, 2.45) is 0 Å². The molecule has 28 heavy (non-hydrogen) atoms. The topological polar surface area (TPSA) is 94.2 Å². The Labute approximate surface area is 162 Å². The van der Waals surface area contributed by atoms with Crippen molar-refractivity contribution in [2.45, 2.75) is 18.3 Å². The molecule has 144 valence electrons. The molecule has 0 aromatic carbocycles. The highest BCUT2D eigenvalue weighted by Crippen LogP contribution is 2.39. The van der Waals surface area contributed by atoms with Crippen LogP contribution in [0.2, 0.25) is 0 Å². The van der Waals surface area contributed by atoms with Crippen molar-refractivity contribution in [3.8, 4) is 11.4 Å². The molecule has 0 aliphatic carbocycles. The molecular weight excluding hydrogens is 358 g/mol. The fourth-order valence-corrected chi connectivity index (χ4v) is 3.54. The third-order valence-corrected chi connectivity index (χ3v) is 5.00. The molecule has 1 amide bonds. The fourth-order valence-electron chi connectivity index (χ4n) is 3.54. The monoisotopic (exact) mass is 379 g/mol. The summed E-state index contributed by atoms with van der Waals surface area (Å²) in [4.78, 5) is 27.2. The van der Waals surface area contributed by atoms with Gasteiger partial charge in [0.05, 0.1) is 18.9 Å². The van der Waals surface area contributed by atoms with E-state index < -0.39 is 0 Å². The zero-order chi connectivity index (χ0) is 19.3. The van der Waals surface area contributed by atoms with Crippen molar-refractivity contribution >= 4 is 5.91 Å². The molecule has 0 bridgehead atoms. The van der Waals surface area contributed by atoms with Crippen molar-refractivity contribution in [3.63, 3.8) is 0 Å². The second-order valence-corrected chi connectivity index (χ2v) is 6.73. The zero-order valence-electron chi connectivity index (χ0n) is 15.6. The smallest absolute Gasteiger partial charge is 0.232 e. The third kappa shape index (κ3) is 3.77. The van der Waals surface area contributed by atoms with E-state index in [-0.39, 0.29) is 17.7 Å².